The number of fused-ring (bicyclic) bond motifs is 1. The number of methoxy groups -OCH3 is 2. The summed E-state index contributed by atoms with van der Waals surface area (Å²) in [6.07, 6.45) is 1.54. The number of halogens is 2. The second kappa shape index (κ2) is 7.87. The van der Waals surface area contributed by atoms with Crippen LogP contribution in [-0.4, -0.2) is 39.6 Å². The van der Waals surface area contributed by atoms with Gasteiger partial charge in [0.25, 0.3) is 0 Å². The molecule has 2 aromatic heterocycles. The Morgan fingerprint density at radius 2 is 2.00 bits per heavy atom. The van der Waals surface area contributed by atoms with Gasteiger partial charge in [0, 0.05) is 25.4 Å². The SMILES string of the molecule is COc1ccnc(C[S@@](=O)c2nc3ccc(OC(F)F)cc3n2C)c1OC. The third kappa shape index (κ3) is 3.85. The summed E-state index contributed by atoms with van der Waals surface area (Å²) < 4.78 is 54.2. The third-order valence-corrected chi connectivity index (χ3v) is 5.18. The maximum atomic E-state index is 12.9. The summed E-state index contributed by atoms with van der Waals surface area (Å²) in [6.45, 7) is -2.92. The second-order valence-corrected chi connectivity index (χ2v) is 6.81. The van der Waals surface area contributed by atoms with E-state index in [1.54, 1.807) is 17.7 Å². The summed E-state index contributed by atoms with van der Waals surface area (Å²) in [5, 5.41) is 0.283. The van der Waals surface area contributed by atoms with E-state index in [-0.39, 0.29) is 16.7 Å². The molecule has 0 unspecified atom stereocenters. The molecule has 0 N–H and O–H groups in total. The molecule has 0 amide bonds. The van der Waals surface area contributed by atoms with Crippen molar-refractivity contribution in [3.63, 3.8) is 0 Å². The summed E-state index contributed by atoms with van der Waals surface area (Å²) in [5.41, 5.74) is 1.51. The molecular weight excluding hydrogens is 380 g/mol. The number of imidazole rings is 1. The largest absolute Gasteiger partial charge is 0.493 e. The molecule has 3 aromatic rings. The number of benzene rings is 1. The molecule has 0 saturated carbocycles. The van der Waals surface area contributed by atoms with Gasteiger partial charge in [-0.05, 0) is 12.1 Å². The number of aromatic nitrogens is 3. The van der Waals surface area contributed by atoms with Gasteiger partial charge in [0.1, 0.15) is 5.75 Å². The number of nitrogens with zero attached hydrogens (tertiary/aromatic N) is 3. The van der Waals surface area contributed by atoms with E-state index in [4.69, 9.17) is 9.47 Å². The molecule has 2 heterocycles. The second-order valence-electron chi connectivity index (χ2n) is 5.47. The van der Waals surface area contributed by atoms with Crippen LogP contribution >= 0.6 is 0 Å². The molecule has 0 fully saturated rings. The van der Waals surface area contributed by atoms with E-state index in [9.17, 15) is 13.0 Å². The fraction of sp³-hybridized carbons (Fsp3) is 0.294. The van der Waals surface area contributed by atoms with Crippen LogP contribution in [0.4, 0.5) is 8.78 Å². The Kier molecular flexibility index (Phi) is 5.54. The summed E-state index contributed by atoms with van der Waals surface area (Å²) in [5.74, 6) is 0.949. The number of rotatable bonds is 7. The smallest absolute Gasteiger partial charge is 0.387 e. The van der Waals surface area contributed by atoms with Crippen molar-refractivity contribution in [2.75, 3.05) is 14.2 Å². The Labute approximate surface area is 156 Å². The Balaban J connectivity index is 1.93. The van der Waals surface area contributed by atoms with E-state index in [0.29, 0.717) is 28.2 Å². The highest BCUT2D eigenvalue weighted by Crippen LogP contribution is 2.31. The Bertz CT molecular complexity index is 994. The summed E-state index contributed by atoms with van der Waals surface area (Å²) in [4.78, 5) is 8.56. The maximum absolute atomic E-state index is 12.9. The van der Waals surface area contributed by atoms with Crippen molar-refractivity contribution in [1.82, 2.24) is 14.5 Å². The van der Waals surface area contributed by atoms with Gasteiger partial charge in [-0.15, -0.1) is 0 Å². The summed E-state index contributed by atoms with van der Waals surface area (Å²) >= 11 is 0. The number of hydrogen-bond acceptors (Lipinski definition) is 6. The molecule has 0 aliphatic heterocycles. The topological polar surface area (TPSA) is 75.5 Å². The molecule has 0 aliphatic carbocycles. The zero-order valence-electron chi connectivity index (χ0n) is 14.8. The molecule has 1 aromatic carbocycles. The van der Waals surface area contributed by atoms with E-state index in [1.165, 1.54) is 38.6 Å². The van der Waals surface area contributed by atoms with Gasteiger partial charge >= 0.3 is 6.61 Å². The molecular formula is C17H17F2N3O4S. The minimum absolute atomic E-state index is 0.00830. The standard InChI is InChI=1S/C17H17F2N3O4S/c1-22-13-8-10(26-16(18)19)4-5-11(13)21-17(22)27(23)9-12-15(25-3)14(24-2)6-7-20-12/h4-8,16H,9H2,1-3H3/t27-/m1/s1. The van der Waals surface area contributed by atoms with Crippen LogP contribution in [0, 0.1) is 0 Å². The van der Waals surface area contributed by atoms with E-state index >= 15 is 0 Å². The predicted octanol–water partition coefficient (Wildman–Crippen LogP) is 2.89. The zero-order chi connectivity index (χ0) is 19.6. The zero-order valence-corrected chi connectivity index (χ0v) is 15.6. The molecule has 0 saturated heterocycles. The number of aryl methyl sites for hydroxylation is 1. The van der Waals surface area contributed by atoms with E-state index < -0.39 is 17.4 Å². The minimum Gasteiger partial charge on any atom is -0.493 e. The first kappa shape index (κ1) is 19.0. The fourth-order valence-electron chi connectivity index (χ4n) is 2.67. The highest BCUT2D eigenvalue weighted by atomic mass is 32.2. The normalized spacial score (nSPS) is 12.4. The van der Waals surface area contributed by atoms with Crippen molar-refractivity contribution in [2.45, 2.75) is 17.5 Å². The lowest BCUT2D eigenvalue weighted by Gasteiger charge is -2.11. The van der Waals surface area contributed by atoms with Crippen molar-refractivity contribution in [3.8, 4) is 17.2 Å². The quantitative estimate of drug-likeness (QED) is 0.610. The Hall–Kier alpha value is -2.75. The molecule has 27 heavy (non-hydrogen) atoms. The summed E-state index contributed by atoms with van der Waals surface area (Å²) in [7, 11) is 3.09. The maximum Gasteiger partial charge on any atom is 0.387 e. The van der Waals surface area contributed by atoms with Crippen molar-refractivity contribution < 1.29 is 27.2 Å². The van der Waals surface area contributed by atoms with Crippen molar-refractivity contribution in [2.24, 2.45) is 7.05 Å². The van der Waals surface area contributed by atoms with E-state index in [0.717, 1.165) is 0 Å². The lowest BCUT2D eigenvalue weighted by Crippen LogP contribution is -2.07. The molecule has 0 bridgehead atoms. The van der Waals surface area contributed by atoms with Gasteiger partial charge in [-0.2, -0.15) is 8.78 Å². The number of alkyl halides is 2. The van der Waals surface area contributed by atoms with Gasteiger partial charge in [-0.1, -0.05) is 0 Å². The average Bonchev–Trinajstić information content (AvgIpc) is 2.97. The van der Waals surface area contributed by atoms with E-state index in [1.807, 2.05) is 0 Å². The summed E-state index contributed by atoms with van der Waals surface area (Å²) in [6, 6.07) is 6.00. The Morgan fingerprint density at radius 3 is 2.67 bits per heavy atom. The third-order valence-electron chi connectivity index (χ3n) is 3.87. The first-order valence-electron chi connectivity index (χ1n) is 7.80. The van der Waals surface area contributed by atoms with Crippen LogP contribution in [0.5, 0.6) is 17.2 Å². The number of ether oxygens (including phenoxy) is 3. The van der Waals surface area contributed by atoms with Crippen molar-refractivity contribution in [3.05, 3.63) is 36.2 Å². The van der Waals surface area contributed by atoms with Gasteiger partial charge in [0.2, 0.25) is 0 Å². The molecule has 0 aliphatic rings. The van der Waals surface area contributed by atoms with Crippen molar-refractivity contribution in [1.29, 1.82) is 0 Å². The van der Waals surface area contributed by atoms with Crippen LogP contribution in [0.1, 0.15) is 5.69 Å². The molecule has 3 rings (SSSR count). The molecule has 1 atom stereocenters. The number of hydrogen-bond donors (Lipinski definition) is 0. The van der Waals surface area contributed by atoms with Gasteiger partial charge in [0.15, 0.2) is 16.7 Å². The first-order valence-corrected chi connectivity index (χ1v) is 9.12. The highest BCUT2D eigenvalue weighted by Gasteiger charge is 2.20. The lowest BCUT2D eigenvalue weighted by molar-refractivity contribution is -0.0497. The lowest BCUT2D eigenvalue weighted by atomic mass is 10.3. The van der Waals surface area contributed by atoms with Crippen LogP contribution in [-0.2, 0) is 23.6 Å². The number of pyridine rings is 1. The molecule has 144 valence electrons. The first-order chi connectivity index (χ1) is 12.9. The van der Waals surface area contributed by atoms with E-state index in [2.05, 4.69) is 14.7 Å². The van der Waals surface area contributed by atoms with Gasteiger partial charge in [-0.25, -0.2) is 4.98 Å². The minimum atomic E-state index is -2.92. The van der Waals surface area contributed by atoms with Crippen LogP contribution < -0.4 is 14.2 Å². The molecule has 0 radical (unpaired) electrons. The predicted molar refractivity (Wildman–Crippen MR) is 94.8 cm³/mol. The molecule has 7 nitrogen and oxygen atoms in total. The van der Waals surface area contributed by atoms with Crippen molar-refractivity contribution >= 4 is 21.8 Å². The van der Waals surface area contributed by atoms with Crippen LogP contribution in [0.3, 0.4) is 0 Å². The highest BCUT2D eigenvalue weighted by molar-refractivity contribution is 7.84. The average molecular weight is 397 g/mol. The molecule has 0 spiro atoms. The van der Waals surface area contributed by atoms with Crippen LogP contribution in [0.2, 0.25) is 0 Å². The molecule has 10 heteroatoms. The monoisotopic (exact) mass is 397 g/mol. The van der Waals surface area contributed by atoms with Gasteiger partial charge < -0.3 is 18.8 Å². The van der Waals surface area contributed by atoms with Crippen LogP contribution in [0.25, 0.3) is 11.0 Å². The van der Waals surface area contributed by atoms with Crippen LogP contribution in [0.15, 0.2) is 35.6 Å². The van der Waals surface area contributed by atoms with Gasteiger partial charge in [-0.3, -0.25) is 9.19 Å². The fourth-order valence-corrected chi connectivity index (χ4v) is 3.86. The van der Waals surface area contributed by atoms with Gasteiger partial charge in [0.05, 0.1) is 47.5 Å². The Morgan fingerprint density at radius 1 is 1.22 bits per heavy atom.